The number of nitrogens with one attached hydrogen (secondary N) is 1. The van der Waals surface area contributed by atoms with Crippen molar-refractivity contribution in [1.29, 1.82) is 0 Å². The van der Waals surface area contributed by atoms with Crippen LogP contribution in [0.4, 0.5) is 0 Å². The van der Waals surface area contributed by atoms with Crippen molar-refractivity contribution < 1.29 is 4.74 Å². The number of aliphatic imine (C=N–C) groups is 1. The Hall–Kier alpha value is -1.05. The maximum absolute atomic E-state index is 5.67. The Bertz CT molecular complexity index is 368. The summed E-state index contributed by atoms with van der Waals surface area (Å²) in [5, 5.41) is 3.01. The molecule has 0 saturated heterocycles. The normalized spacial score (nSPS) is 10.9. The first-order chi connectivity index (χ1) is 7.61. The van der Waals surface area contributed by atoms with Gasteiger partial charge in [-0.05, 0) is 19.9 Å². The number of rotatable bonds is 4. The molecule has 0 radical (unpaired) electrons. The number of ether oxygens (including phenoxy) is 1. The molecule has 0 spiro atoms. The van der Waals surface area contributed by atoms with Gasteiger partial charge in [0.15, 0.2) is 5.96 Å². The molecular formula is C11H19IN4O. The molecule has 0 bridgehead atoms. The molecule has 0 fully saturated rings. The smallest absolute Gasteiger partial charge is 0.213 e. The molecule has 17 heavy (non-hydrogen) atoms. The van der Waals surface area contributed by atoms with Crippen LogP contribution in [0.5, 0.6) is 5.88 Å². The summed E-state index contributed by atoms with van der Waals surface area (Å²) in [5.41, 5.74) is 6.50. The fourth-order valence-corrected chi connectivity index (χ4v) is 1.17. The number of hydrogen-bond donors (Lipinski definition) is 2. The summed E-state index contributed by atoms with van der Waals surface area (Å²) in [6, 6.07) is 5.84. The lowest BCUT2D eigenvalue weighted by Crippen LogP contribution is -2.36. The molecule has 96 valence electrons. The zero-order valence-corrected chi connectivity index (χ0v) is 12.6. The highest BCUT2D eigenvalue weighted by Crippen LogP contribution is 2.07. The number of nitrogens with zero attached hydrogens (tertiary/aromatic N) is 2. The van der Waals surface area contributed by atoms with Gasteiger partial charge in [0.25, 0.3) is 0 Å². The van der Waals surface area contributed by atoms with Gasteiger partial charge < -0.3 is 15.8 Å². The minimum absolute atomic E-state index is 0. The van der Waals surface area contributed by atoms with Crippen LogP contribution in [0.1, 0.15) is 19.5 Å². The Balaban J connectivity index is 0.00000256. The second-order valence-electron chi connectivity index (χ2n) is 3.67. The number of guanidine groups is 1. The number of methoxy groups -OCH3 is 1. The Morgan fingerprint density at radius 2 is 2.24 bits per heavy atom. The van der Waals surface area contributed by atoms with Gasteiger partial charge in [0.05, 0.1) is 19.3 Å². The molecule has 1 aromatic heterocycles. The van der Waals surface area contributed by atoms with Crippen molar-refractivity contribution in [3.05, 3.63) is 23.9 Å². The van der Waals surface area contributed by atoms with Crippen LogP contribution < -0.4 is 15.8 Å². The third-order valence-corrected chi connectivity index (χ3v) is 1.84. The predicted molar refractivity (Wildman–Crippen MR) is 79.8 cm³/mol. The van der Waals surface area contributed by atoms with Gasteiger partial charge in [-0.1, -0.05) is 6.07 Å². The molecule has 0 aliphatic heterocycles. The van der Waals surface area contributed by atoms with Gasteiger partial charge in [0.2, 0.25) is 5.88 Å². The lowest BCUT2D eigenvalue weighted by Gasteiger charge is -2.08. The summed E-state index contributed by atoms with van der Waals surface area (Å²) in [4.78, 5) is 8.40. The van der Waals surface area contributed by atoms with Gasteiger partial charge in [-0.3, -0.25) is 0 Å². The summed E-state index contributed by atoms with van der Waals surface area (Å²) < 4.78 is 5.02. The molecule has 0 saturated carbocycles. The van der Waals surface area contributed by atoms with Gasteiger partial charge in [-0.25, -0.2) is 9.98 Å². The van der Waals surface area contributed by atoms with E-state index in [9.17, 15) is 0 Å². The third-order valence-electron chi connectivity index (χ3n) is 1.84. The van der Waals surface area contributed by atoms with Gasteiger partial charge in [-0.15, -0.1) is 24.0 Å². The van der Waals surface area contributed by atoms with E-state index in [0.29, 0.717) is 18.4 Å². The van der Waals surface area contributed by atoms with Crippen LogP contribution >= 0.6 is 24.0 Å². The number of nitrogens with two attached hydrogens (primary N) is 1. The third kappa shape index (κ3) is 6.30. The van der Waals surface area contributed by atoms with Crippen LogP contribution in [0.2, 0.25) is 0 Å². The fourth-order valence-electron chi connectivity index (χ4n) is 1.17. The molecule has 5 nitrogen and oxygen atoms in total. The van der Waals surface area contributed by atoms with Crippen molar-refractivity contribution in [2.45, 2.75) is 26.4 Å². The van der Waals surface area contributed by atoms with Crippen LogP contribution in [-0.4, -0.2) is 24.1 Å². The van der Waals surface area contributed by atoms with Crippen LogP contribution in [0.25, 0.3) is 0 Å². The van der Waals surface area contributed by atoms with Crippen molar-refractivity contribution in [2.75, 3.05) is 7.11 Å². The van der Waals surface area contributed by atoms with Crippen LogP contribution in [0.3, 0.4) is 0 Å². The second-order valence-corrected chi connectivity index (χ2v) is 3.67. The van der Waals surface area contributed by atoms with E-state index in [-0.39, 0.29) is 30.0 Å². The maximum atomic E-state index is 5.67. The Labute approximate surface area is 119 Å². The SMILES string of the molecule is COc1cccc(CN=C(N)NC(C)C)n1.I. The number of pyridine rings is 1. The minimum atomic E-state index is 0. The van der Waals surface area contributed by atoms with E-state index in [1.54, 1.807) is 13.2 Å². The van der Waals surface area contributed by atoms with Gasteiger partial charge in [-0.2, -0.15) is 0 Å². The lowest BCUT2D eigenvalue weighted by molar-refractivity contribution is 0.396. The number of aromatic nitrogens is 1. The predicted octanol–water partition coefficient (Wildman–Crippen LogP) is 1.52. The minimum Gasteiger partial charge on any atom is -0.481 e. The molecule has 0 aliphatic carbocycles. The average Bonchev–Trinajstić information content (AvgIpc) is 2.26. The second kappa shape index (κ2) is 8.10. The molecule has 0 unspecified atom stereocenters. The first-order valence-electron chi connectivity index (χ1n) is 5.18. The molecule has 0 amide bonds. The first-order valence-corrected chi connectivity index (χ1v) is 5.18. The van der Waals surface area contributed by atoms with Gasteiger partial charge in [0, 0.05) is 12.1 Å². The van der Waals surface area contributed by atoms with E-state index in [1.165, 1.54) is 0 Å². The molecule has 0 aliphatic rings. The number of hydrogen-bond acceptors (Lipinski definition) is 3. The van der Waals surface area contributed by atoms with Crippen molar-refractivity contribution in [1.82, 2.24) is 10.3 Å². The van der Waals surface area contributed by atoms with E-state index < -0.39 is 0 Å². The summed E-state index contributed by atoms with van der Waals surface area (Å²) in [5.74, 6) is 1.02. The molecule has 1 rings (SSSR count). The Morgan fingerprint density at radius 3 is 2.82 bits per heavy atom. The highest BCUT2D eigenvalue weighted by Gasteiger charge is 1.98. The molecule has 0 atom stereocenters. The molecule has 3 N–H and O–H groups in total. The molecule has 1 aromatic rings. The topological polar surface area (TPSA) is 72.5 Å². The monoisotopic (exact) mass is 350 g/mol. The first kappa shape index (κ1) is 16.0. The number of halogens is 1. The van der Waals surface area contributed by atoms with Crippen molar-refractivity contribution in [3.63, 3.8) is 0 Å². The summed E-state index contributed by atoms with van der Waals surface area (Å²) >= 11 is 0. The van der Waals surface area contributed by atoms with Crippen molar-refractivity contribution in [2.24, 2.45) is 10.7 Å². The highest BCUT2D eigenvalue weighted by atomic mass is 127. The van der Waals surface area contributed by atoms with Crippen LogP contribution in [0.15, 0.2) is 23.2 Å². The van der Waals surface area contributed by atoms with E-state index in [2.05, 4.69) is 15.3 Å². The fraction of sp³-hybridized carbons (Fsp3) is 0.455. The molecular weight excluding hydrogens is 331 g/mol. The lowest BCUT2D eigenvalue weighted by atomic mass is 10.3. The zero-order chi connectivity index (χ0) is 12.0. The van der Waals surface area contributed by atoms with E-state index in [0.717, 1.165) is 5.69 Å². The quantitative estimate of drug-likeness (QED) is 0.491. The summed E-state index contributed by atoms with van der Waals surface area (Å²) in [6.45, 7) is 4.46. The maximum Gasteiger partial charge on any atom is 0.213 e. The molecule has 6 heteroatoms. The highest BCUT2D eigenvalue weighted by molar-refractivity contribution is 14.0. The standard InChI is InChI=1S/C11H18N4O.HI/c1-8(2)14-11(12)13-7-9-5-4-6-10(15-9)16-3;/h4-6,8H,7H2,1-3H3,(H3,12,13,14);1H. The Morgan fingerprint density at radius 1 is 1.53 bits per heavy atom. The van der Waals surface area contributed by atoms with Gasteiger partial charge >= 0.3 is 0 Å². The van der Waals surface area contributed by atoms with E-state index >= 15 is 0 Å². The van der Waals surface area contributed by atoms with Crippen molar-refractivity contribution >= 4 is 29.9 Å². The Kier molecular flexibility index (Phi) is 7.60. The average molecular weight is 350 g/mol. The molecule has 0 aromatic carbocycles. The van der Waals surface area contributed by atoms with Crippen LogP contribution in [-0.2, 0) is 6.54 Å². The van der Waals surface area contributed by atoms with Gasteiger partial charge in [0.1, 0.15) is 0 Å². The van der Waals surface area contributed by atoms with Crippen molar-refractivity contribution in [3.8, 4) is 5.88 Å². The zero-order valence-electron chi connectivity index (χ0n) is 10.3. The van der Waals surface area contributed by atoms with E-state index in [4.69, 9.17) is 10.5 Å². The molecule has 1 heterocycles. The summed E-state index contributed by atoms with van der Waals surface area (Å²) in [6.07, 6.45) is 0. The van der Waals surface area contributed by atoms with Crippen LogP contribution in [0, 0.1) is 0 Å². The summed E-state index contributed by atoms with van der Waals surface area (Å²) in [7, 11) is 1.59. The largest absolute Gasteiger partial charge is 0.481 e. The van der Waals surface area contributed by atoms with E-state index in [1.807, 2.05) is 26.0 Å².